The van der Waals surface area contributed by atoms with E-state index in [0.717, 1.165) is 0 Å². The van der Waals surface area contributed by atoms with Gasteiger partial charge >= 0.3 is 0 Å². The Morgan fingerprint density at radius 2 is 0.927 bits per heavy atom. The molecule has 9 aromatic carbocycles. The number of nitrogens with zero attached hydrogens (tertiary/aromatic N) is 2. The summed E-state index contributed by atoms with van der Waals surface area (Å²) in [4.78, 5) is 0. The molecule has 0 unspecified atom stereocenters. The van der Waals surface area contributed by atoms with Gasteiger partial charge in [0.1, 0.15) is 0 Å². The Morgan fingerprint density at radius 1 is 0.327 bits per heavy atom. The zero-order valence-corrected chi connectivity index (χ0v) is 30.4. The van der Waals surface area contributed by atoms with Gasteiger partial charge in [0.15, 0.2) is 0 Å². The van der Waals surface area contributed by atoms with E-state index in [1.54, 1.807) is 0 Å². The van der Waals surface area contributed by atoms with Gasteiger partial charge < -0.3 is 9.13 Å². The van der Waals surface area contributed by atoms with Gasteiger partial charge in [0.25, 0.3) is 0 Å². The van der Waals surface area contributed by atoms with E-state index in [-0.39, 0.29) is 0 Å². The maximum Gasteiger partial charge on any atom is 0.0541 e. The van der Waals surface area contributed by atoms with Crippen molar-refractivity contribution in [3.8, 4) is 44.8 Å². The molecule has 0 saturated heterocycles. The van der Waals surface area contributed by atoms with E-state index in [9.17, 15) is 0 Å². The molecule has 3 aromatic heterocycles. The van der Waals surface area contributed by atoms with Crippen LogP contribution in [-0.4, -0.2) is 9.13 Å². The summed E-state index contributed by atoms with van der Waals surface area (Å²) in [5.41, 5.74) is 15.1. The minimum absolute atomic E-state index is 1.18. The zero-order chi connectivity index (χ0) is 35.8. The number of hydrogen-bond acceptors (Lipinski definition) is 1. The fraction of sp³-hybridized carbons (Fsp3) is 0. The first-order chi connectivity index (χ1) is 27.3. The minimum atomic E-state index is 1.18. The van der Waals surface area contributed by atoms with Gasteiger partial charge in [0, 0.05) is 52.8 Å². The molecule has 0 fully saturated rings. The molecule has 0 spiro atoms. The third-order valence-corrected chi connectivity index (χ3v) is 13.2. The first-order valence-electron chi connectivity index (χ1n) is 18.9. The molecule has 12 aromatic rings. The van der Waals surface area contributed by atoms with Crippen molar-refractivity contribution < 1.29 is 0 Å². The maximum atomic E-state index is 2.49. The molecule has 13 rings (SSSR count). The van der Waals surface area contributed by atoms with Crippen LogP contribution in [0.2, 0.25) is 0 Å². The topological polar surface area (TPSA) is 9.86 Å². The molecule has 3 heteroatoms. The summed E-state index contributed by atoms with van der Waals surface area (Å²) >= 11 is 1.89. The lowest BCUT2D eigenvalue weighted by atomic mass is 9.98. The van der Waals surface area contributed by atoms with Crippen LogP contribution in [0, 0.1) is 0 Å². The average molecular weight is 715 g/mol. The average Bonchev–Trinajstić information content (AvgIpc) is 3.98. The van der Waals surface area contributed by atoms with Gasteiger partial charge in [-0.2, -0.15) is 0 Å². The summed E-state index contributed by atoms with van der Waals surface area (Å²) in [6, 6.07) is 67.5. The predicted molar refractivity (Wildman–Crippen MR) is 235 cm³/mol. The van der Waals surface area contributed by atoms with Crippen LogP contribution in [0.15, 0.2) is 182 Å². The van der Waals surface area contributed by atoms with Crippen LogP contribution in [0.25, 0.3) is 119 Å². The number of fused-ring (bicyclic) bond motifs is 13. The molecule has 0 aliphatic heterocycles. The van der Waals surface area contributed by atoms with Gasteiger partial charge in [0.2, 0.25) is 0 Å². The van der Waals surface area contributed by atoms with Crippen molar-refractivity contribution in [1.82, 2.24) is 9.13 Å². The second-order valence-corrected chi connectivity index (χ2v) is 15.9. The molecular weight excluding hydrogens is 685 g/mol. The number of rotatable bonds is 3. The first-order valence-corrected chi connectivity index (χ1v) is 19.8. The van der Waals surface area contributed by atoms with Crippen LogP contribution >= 0.6 is 11.3 Å². The summed E-state index contributed by atoms with van der Waals surface area (Å²) in [7, 11) is 0. The highest BCUT2D eigenvalue weighted by Gasteiger charge is 2.27. The van der Waals surface area contributed by atoms with Crippen LogP contribution in [0.4, 0.5) is 0 Å². The Kier molecular flexibility index (Phi) is 5.80. The summed E-state index contributed by atoms with van der Waals surface area (Å²) in [5.74, 6) is 0. The lowest BCUT2D eigenvalue weighted by Gasteiger charge is -2.14. The highest BCUT2D eigenvalue weighted by molar-refractivity contribution is 7.26. The highest BCUT2D eigenvalue weighted by atomic mass is 32.1. The van der Waals surface area contributed by atoms with Crippen molar-refractivity contribution in [2.45, 2.75) is 0 Å². The summed E-state index contributed by atoms with van der Waals surface area (Å²) in [5, 5.41) is 10.4. The summed E-state index contributed by atoms with van der Waals surface area (Å²) in [6.07, 6.45) is 0. The monoisotopic (exact) mass is 714 g/mol. The van der Waals surface area contributed by atoms with Gasteiger partial charge in [0.05, 0.1) is 27.8 Å². The molecule has 0 radical (unpaired) electrons. The van der Waals surface area contributed by atoms with Crippen molar-refractivity contribution in [2.24, 2.45) is 0 Å². The molecule has 0 bridgehead atoms. The van der Waals surface area contributed by atoms with E-state index in [1.165, 1.54) is 119 Å². The van der Waals surface area contributed by atoms with Gasteiger partial charge in [-0.15, -0.1) is 11.3 Å². The number of aromatic nitrogens is 2. The molecule has 3 heterocycles. The van der Waals surface area contributed by atoms with E-state index in [1.807, 2.05) is 11.3 Å². The van der Waals surface area contributed by atoms with E-state index < -0.39 is 0 Å². The van der Waals surface area contributed by atoms with Crippen LogP contribution in [0.3, 0.4) is 0 Å². The fourth-order valence-electron chi connectivity index (χ4n) is 9.76. The second kappa shape index (κ2) is 10.8. The van der Waals surface area contributed by atoms with Crippen molar-refractivity contribution >= 4 is 85.9 Å². The van der Waals surface area contributed by atoms with Crippen molar-refractivity contribution in [3.63, 3.8) is 0 Å². The molecule has 0 saturated carbocycles. The zero-order valence-electron chi connectivity index (χ0n) is 29.6. The van der Waals surface area contributed by atoms with Gasteiger partial charge in [-0.3, -0.25) is 0 Å². The van der Waals surface area contributed by atoms with Gasteiger partial charge in [-0.1, -0.05) is 115 Å². The fourth-order valence-corrected chi connectivity index (χ4v) is 10.9. The van der Waals surface area contributed by atoms with Crippen molar-refractivity contribution in [1.29, 1.82) is 0 Å². The normalized spacial score (nSPS) is 12.4. The quantitative estimate of drug-likeness (QED) is 0.172. The number of thiophene rings is 1. The van der Waals surface area contributed by atoms with E-state index in [2.05, 4.69) is 191 Å². The molecule has 1 aliphatic rings. The van der Waals surface area contributed by atoms with Crippen molar-refractivity contribution in [2.75, 3.05) is 0 Å². The SMILES string of the molecule is c1ccc(-n2c3ccccc3c3cc(-c4ccc5c(c4)c4ccccc4n5-c4ccc5c6c(cccc46)-c4ccc6sc7ccccc7c6c4-5)ccc32)cc1. The Balaban J connectivity index is 1.02. The molecule has 55 heavy (non-hydrogen) atoms. The molecule has 0 atom stereocenters. The molecular formula is C52H30N2S. The molecule has 254 valence electrons. The first kappa shape index (κ1) is 29.5. The van der Waals surface area contributed by atoms with E-state index in [4.69, 9.17) is 0 Å². The number of hydrogen-bond donors (Lipinski definition) is 0. The lowest BCUT2D eigenvalue weighted by Crippen LogP contribution is -1.95. The largest absolute Gasteiger partial charge is 0.309 e. The minimum Gasteiger partial charge on any atom is -0.309 e. The Labute approximate surface area is 320 Å². The van der Waals surface area contributed by atoms with Gasteiger partial charge in [-0.05, 0) is 105 Å². The van der Waals surface area contributed by atoms with E-state index in [0.29, 0.717) is 0 Å². The van der Waals surface area contributed by atoms with Gasteiger partial charge in [-0.25, -0.2) is 0 Å². The molecule has 0 amide bonds. The van der Waals surface area contributed by atoms with E-state index >= 15 is 0 Å². The maximum absolute atomic E-state index is 2.49. The molecule has 1 aliphatic carbocycles. The lowest BCUT2D eigenvalue weighted by molar-refractivity contribution is 1.18. The van der Waals surface area contributed by atoms with Crippen LogP contribution in [-0.2, 0) is 0 Å². The summed E-state index contributed by atoms with van der Waals surface area (Å²) < 4.78 is 7.57. The predicted octanol–water partition coefficient (Wildman–Crippen LogP) is 14.7. The Hall–Kier alpha value is -6.94. The standard InChI is InChI=1S/C52H30N2S/c1-2-11-33(12-3-1)53-43-18-7-4-13-34(43)41-29-31(21-25-46(41)53)32-22-26-47-42(30-32)35-14-5-8-19-44(35)54(47)45-27-23-40-50-36(16-10-17-38(45)50)37-24-28-49-52(51(37)40)39-15-6-9-20-48(39)55-49/h1-30H. The second-order valence-electron chi connectivity index (χ2n) is 14.8. The number of para-hydroxylation sites is 3. The van der Waals surface area contributed by atoms with Crippen LogP contribution in [0.5, 0.6) is 0 Å². The molecule has 0 N–H and O–H groups in total. The van der Waals surface area contributed by atoms with Crippen molar-refractivity contribution in [3.05, 3.63) is 182 Å². The number of benzene rings is 9. The third kappa shape index (κ3) is 3.92. The molecule has 2 nitrogen and oxygen atoms in total. The van der Waals surface area contributed by atoms with Crippen LogP contribution in [0.1, 0.15) is 0 Å². The third-order valence-electron chi connectivity index (χ3n) is 12.1. The highest BCUT2D eigenvalue weighted by Crippen LogP contribution is 2.54. The van der Waals surface area contributed by atoms with Crippen LogP contribution < -0.4 is 0 Å². The Bertz CT molecular complexity index is 3600. The Morgan fingerprint density at radius 3 is 1.69 bits per heavy atom. The summed E-state index contributed by atoms with van der Waals surface area (Å²) in [6.45, 7) is 0. The smallest absolute Gasteiger partial charge is 0.0541 e.